The lowest BCUT2D eigenvalue weighted by molar-refractivity contribution is 0.477. The van der Waals surface area contributed by atoms with Crippen LogP contribution in [0.1, 0.15) is 11.1 Å². The molecule has 1 aromatic heterocycles. The van der Waals surface area contributed by atoms with Crippen molar-refractivity contribution in [1.82, 2.24) is 4.98 Å². The molecule has 0 aliphatic rings. The molecule has 4 aromatic rings. The Morgan fingerprint density at radius 1 is 0.725 bits per heavy atom. The first-order valence-electron chi connectivity index (χ1n) is 10.7. The van der Waals surface area contributed by atoms with E-state index in [2.05, 4.69) is 15.2 Å². The lowest BCUT2D eigenvalue weighted by atomic mass is 10.1. The second-order valence-electron chi connectivity index (χ2n) is 8.12. The summed E-state index contributed by atoms with van der Waals surface area (Å²) in [5.74, 6) is -0.570. The van der Waals surface area contributed by atoms with E-state index in [0.717, 1.165) is 24.3 Å². The van der Waals surface area contributed by atoms with E-state index >= 15 is 0 Å². The number of rotatable bonds is 7. The lowest BCUT2D eigenvalue weighted by Gasteiger charge is -2.08. The molecule has 0 aliphatic heterocycles. The van der Waals surface area contributed by atoms with E-state index in [1.54, 1.807) is 0 Å². The molecule has 40 heavy (non-hydrogen) atoms. The highest BCUT2D eigenvalue weighted by Gasteiger charge is 2.21. The molecular weight excluding hydrogens is 588 g/mol. The van der Waals surface area contributed by atoms with Crippen molar-refractivity contribution in [3.8, 4) is 5.75 Å². The van der Waals surface area contributed by atoms with Crippen molar-refractivity contribution in [3.63, 3.8) is 0 Å². The monoisotopic (exact) mass is 606 g/mol. The van der Waals surface area contributed by atoms with Crippen LogP contribution in [0.2, 0.25) is 0 Å². The number of phenols is 1. The van der Waals surface area contributed by atoms with Crippen molar-refractivity contribution < 1.29 is 44.0 Å². The maximum Gasteiger partial charge on any atom is 0.295 e. The van der Waals surface area contributed by atoms with Crippen LogP contribution in [-0.2, 0) is 30.4 Å². The largest absolute Gasteiger partial charge is 0.504 e. The molecule has 0 bridgehead atoms. The predicted molar refractivity (Wildman–Crippen MR) is 143 cm³/mol. The molecule has 6 N–H and O–H groups in total. The Kier molecular flexibility index (Phi) is 7.45. The molecule has 0 saturated heterocycles. The average molecular weight is 607 g/mol. The number of hydrogen-bond donors (Lipinski definition) is 5. The summed E-state index contributed by atoms with van der Waals surface area (Å²) in [7, 11) is -14.3. The lowest BCUT2D eigenvalue weighted by Crippen LogP contribution is -2.02. The van der Waals surface area contributed by atoms with Gasteiger partial charge in [0.25, 0.3) is 30.4 Å². The Morgan fingerprint density at radius 3 is 1.90 bits per heavy atom. The Labute approximate surface area is 227 Å². The summed E-state index contributed by atoms with van der Waals surface area (Å²) in [6.07, 6.45) is 3.60. The first kappa shape index (κ1) is 28.7. The fraction of sp³-hybridized carbons (Fsp3) is 0. The molecule has 208 valence electrons. The Morgan fingerprint density at radius 2 is 1.30 bits per heavy atom. The normalized spacial score (nSPS) is 13.0. The molecular formula is C23H18N4O10S3. The van der Waals surface area contributed by atoms with Gasteiger partial charge < -0.3 is 10.8 Å². The second-order valence-corrected chi connectivity index (χ2v) is 12.3. The third kappa shape index (κ3) is 6.14. The van der Waals surface area contributed by atoms with Crippen molar-refractivity contribution in [2.75, 3.05) is 5.73 Å². The van der Waals surface area contributed by atoms with Crippen molar-refractivity contribution in [2.45, 2.75) is 14.7 Å². The third-order valence-electron chi connectivity index (χ3n) is 5.39. The number of anilines is 1. The zero-order chi connectivity index (χ0) is 29.5. The first-order chi connectivity index (χ1) is 18.6. The van der Waals surface area contributed by atoms with Crippen LogP contribution < -0.4 is 5.73 Å². The molecule has 0 spiro atoms. The summed E-state index contributed by atoms with van der Waals surface area (Å²) in [6.45, 7) is 0. The van der Waals surface area contributed by atoms with Crippen LogP contribution in [0.25, 0.3) is 23.1 Å². The second kappa shape index (κ2) is 10.4. The summed E-state index contributed by atoms with van der Waals surface area (Å²) >= 11 is 0. The molecule has 4 rings (SSSR count). The van der Waals surface area contributed by atoms with Gasteiger partial charge in [-0.25, -0.2) is 0 Å². The Bertz CT molecular complexity index is 2060. The number of nitrogen functional groups attached to an aromatic ring is 1. The van der Waals surface area contributed by atoms with Crippen molar-refractivity contribution in [3.05, 3.63) is 71.9 Å². The number of fused-ring (bicyclic) bond motifs is 1. The number of nitrogens with two attached hydrogens (primary N) is 1. The molecule has 0 atom stereocenters. The zero-order valence-corrected chi connectivity index (χ0v) is 22.3. The molecule has 0 unspecified atom stereocenters. The summed E-state index contributed by atoms with van der Waals surface area (Å²) in [5, 5.41) is 18.0. The van der Waals surface area contributed by atoms with Crippen LogP contribution in [0, 0.1) is 0 Å². The van der Waals surface area contributed by atoms with Gasteiger partial charge in [-0.05, 0) is 53.6 Å². The number of hydrogen-bond acceptors (Lipinski definition) is 11. The van der Waals surface area contributed by atoms with E-state index in [1.165, 1.54) is 48.7 Å². The Balaban J connectivity index is 1.78. The molecule has 0 fully saturated rings. The minimum atomic E-state index is -4.86. The number of aromatic hydroxyl groups is 1. The van der Waals surface area contributed by atoms with Gasteiger partial charge in [-0.2, -0.15) is 30.4 Å². The molecule has 17 heteroatoms. The van der Waals surface area contributed by atoms with E-state index in [1.807, 2.05) is 0 Å². The zero-order valence-electron chi connectivity index (χ0n) is 19.8. The Hall–Kier alpha value is -4.26. The van der Waals surface area contributed by atoms with Crippen LogP contribution in [0.3, 0.4) is 0 Å². The number of nitrogens with zero attached hydrogens (tertiary/aromatic N) is 3. The van der Waals surface area contributed by atoms with Gasteiger partial charge in [0.2, 0.25) is 0 Å². The summed E-state index contributed by atoms with van der Waals surface area (Å²) in [6, 6.07) is 10.5. The average Bonchev–Trinajstić information content (AvgIpc) is 2.86. The van der Waals surface area contributed by atoms with Crippen molar-refractivity contribution in [2.24, 2.45) is 10.2 Å². The van der Waals surface area contributed by atoms with Gasteiger partial charge in [0.05, 0.1) is 5.69 Å². The van der Waals surface area contributed by atoms with Crippen LogP contribution in [0.4, 0.5) is 17.1 Å². The fourth-order valence-electron chi connectivity index (χ4n) is 3.62. The summed E-state index contributed by atoms with van der Waals surface area (Å²) in [4.78, 5) is 2.10. The number of benzene rings is 3. The maximum atomic E-state index is 12.1. The summed E-state index contributed by atoms with van der Waals surface area (Å²) in [5.41, 5.74) is 4.71. The van der Waals surface area contributed by atoms with Gasteiger partial charge in [0.15, 0.2) is 5.75 Å². The first-order valence-corrected chi connectivity index (χ1v) is 15.0. The minimum absolute atomic E-state index is 0.0308. The van der Waals surface area contributed by atoms with Gasteiger partial charge in [-0.15, -0.1) is 5.11 Å². The van der Waals surface area contributed by atoms with Crippen LogP contribution >= 0.6 is 0 Å². The standard InChI is InChI=1S/C23H18N4O10S3/c24-15-7-5-13(19(10-15)38(29,30)31)3-4-14-6-8-16(11-20(14)39(32,33)34)26-27-18-12-21(40(35,36)37)17-2-1-9-25-22(17)23(18)28/h1-12,28H,24H2,(H,29,30,31)(H,32,33,34)(H,35,36,37)/b4-3+,27-26?. The summed E-state index contributed by atoms with van der Waals surface area (Å²) < 4.78 is 100. The van der Waals surface area contributed by atoms with E-state index in [9.17, 15) is 44.0 Å². The smallest absolute Gasteiger partial charge is 0.295 e. The molecule has 3 aromatic carbocycles. The highest BCUT2D eigenvalue weighted by atomic mass is 32.2. The number of azo groups is 1. The maximum absolute atomic E-state index is 12.1. The van der Waals surface area contributed by atoms with E-state index < -0.39 is 56.5 Å². The van der Waals surface area contributed by atoms with Gasteiger partial charge in [0.1, 0.15) is 25.9 Å². The minimum Gasteiger partial charge on any atom is -0.504 e. The topological polar surface area (TPSA) is 247 Å². The molecule has 0 radical (unpaired) electrons. The molecule has 0 saturated carbocycles. The van der Waals surface area contributed by atoms with E-state index in [0.29, 0.717) is 0 Å². The highest BCUT2D eigenvalue weighted by Crippen LogP contribution is 2.38. The van der Waals surface area contributed by atoms with Crippen LogP contribution in [-0.4, -0.2) is 49.0 Å². The molecule has 0 aliphatic carbocycles. The predicted octanol–water partition coefficient (Wildman–Crippen LogP) is 3.85. The molecule has 14 nitrogen and oxygen atoms in total. The molecule has 1 heterocycles. The van der Waals surface area contributed by atoms with Crippen LogP contribution in [0.5, 0.6) is 5.75 Å². The molecule has 0 amide bonds. The SMILES string of the molecule is Nc1ccc(/C=C/c2ccc(N=Nc3cc(S(=O)(=O)O)c4cccnc4c3O)cc2S(=O)(=O)O)c(S(=O)(=O)O)c1. The highest BCUT2D eigenvalue weighted by molar-refractivity contribution is 7.86. The van der Waals surface area contributed by atoms with Gasteiger partial charge >= 0.3 is 0 Å². The number of aromatic nitrogens is 1. The van der Waals surface area contributed by atoms with Crippen LogP contribution in [0.15, 0.2) is 85.7 Å². The van der Waals surface area contributed by atoms with E-state index in [-0.39, 0.29) is 33.4 Å². The fourth-order valence-corrected chi connectivity index (χ4v) is 5.75. The van der Waals surface area contributed by atoms with Crippen molar-refractivity contribution >= 4 is 70.5 Å². The van der Waals surface area contributed by atoms with Gasteiger partial charge in [0, 0.05) is 17.3 Å². The van der Waals surface area contributed by atoms with Crippen molar-refractivity contribution in [1.29, 1.82) is 0 Å². The third-order valence-corrected chi connectivity index (χ3v) is 8.10. The quantitative estimate of drug-likeness (QED) is 0.0871. The van der Waals surface area contributed by atoms with Gasteiger partial charge in [-0.3, -0.25) is 18.6 Å². The van der Waals surface area contributed by atoms with Gasteiger partial charge in [-0.1, -0.05) is 24.3 Å². The van der Waals surface area contributed by atoms with E-state index in [4.69, 9.17) is 5.73 Å². The number of pyridine rings is 1. The number of phenolic OH excluding ortho intramolecular Hbond substituents is 1.